The Bertz CT molecular complexity index is 790. The molecule has 8 nitrogen and oxygen atoms in total. The first-order chi connectivity index (χ1) is 12.8. The second kappa shape index (κ2) is 8.02. The number of hydrogen-bond acceptors (Lipinski definition) is 5. The molecule has 2 aliphatic heterocycles. The van der Waals surface area contributed by atoms with Crippen LogP contribution in [-0.4, -0.2) is 66.8 Å². The van der Waals surface area contributed by atoms with Gasteiger partial charge in [-0.25, -0.2) is 13.2 Å². The fraction of sp³-hybridized carbons (Fsp3) is 0.667. The number of amides is 1. The van der Waals surface area contributed by atoms with Crippen molar-refractivity contribution in [3.05, 3.63) is 18.0 Å². The van der Waals surface area contributed by atoms with Crippen LogP contribution in [0.2, 0.25) is 0 Å². The molecule has 0 radical (unpaired) electrons. The zero-order valence-electron chi connectivity index (χ0n) is 15.8. The van der Waals surface area contributed by atoms with Crippen molar-refractivity contribution in [2.24, 2.45) is 5.92 Å². The average molecular weight is 397 g/mol. The molecule has 1 atom stereocenters. The Kier molecular flexibility index (Phi) is 5.90. The molecule has 2 saturated heterocycles. The minimum absolute atomic E-state index is 0.0275. The summed E-state index contributed by atoms with van der Waals surface area (Å²) in [5.41, 5.74) is 0.0275. The number of aromatic nitrogens is 1. The van der Waals surface area contributed by atoms with Gasteiger partial charge in [-0.1, -0.05) is 6.92 Å². The molecule has 3 heterocycles. The maximum atomic E-state index is 12.5. The molecule has 1 amide bonds. The molecule has 2 aliphatic rings. The number of sulfonamides is 1. The zero-order valence-corrected chi connectivity index (χ0v) is 16.6. The van der Waals surface area contributed by atoms with Crippen LogP contribution < -0.4 is 0 Å². The van der Waals surface area contributed by atoms with E-state index in [1.54, 1.807) is 11.8 Å². The van der Waals surface area contributed by atoms with Gasteiger partial charge in [0.2, 0.25) is 10.0 Å². The summed E-state index contributed by atoms with van der Waals surface area (Å²) in [5, 5.41) is 0. The van der Waals surface area contributed by atoms with Crippen LogP contribution in [0.1, 0.15) is 50.0 Å². The molecule has 3 rings (SSSR count). The van der Waals surface area contributed by atoms with E-state index in [1.807, 2.05) is 0 Å². The number of piperidine rings is 1. The molecule has 150 valence electrons. The van der Waals surface area contributed by atoms with Gasteiger partial charge in [0, 0.05) is 32.4 Å². The van der Waals surface area contributed by atoms with E-state index in [0.29, 0.717) is 32.1 Å². The molecule has 0 aromatic carbocycles. The third-order valence-electron chi connectivity index (χ3n) is 5.31. The van der Waals surface area contributed by atoms with Gasteiger partial charge in [0.15, 0.2) is 6.10 Å². The summed E-state index contributed by atoms with van der Waals surface area (Å²) in [6.45, 7) is 6.03. The van der Waals surface area contributed by atoms with Crippen molar-refractivity contribution in [3.8, 4) is 0 Å². The maximum Gasteiger partial charge on any atom is 0.355 e. The van der Waals surface area contributed by atoms with E-state index in [4.69, 9.17) is 4.74 Å². The van der Waals surface area contributed by atoms with Crippen LogP contribution in [0.5, 0.6) is 0 Å². The summed E-state index contributed by atoms with van der Waals surface area (Å²) < 4.78 is 31.7. The topological polar surface area (TPSA) is 99.8 Å². The van der Waals surface area contributed by atoms with Gasteiger partial charge in [0.25, 0.3) is 5.91 Å². The van der Waals surface area contributed by atoms with Gasteiger partial charge < -0.3 is 14.6 Å². The van der Waals surface area contributed by atoms with E-state index in [-0.39, 0.29) is 16.5 Å². The number of aromatic amines is 1. The zero-order chi connectivity index (χ0) is 19.6. The van der Waals surface area contributed by atoms with E-state index in [0.717, 1.165) is 25.7 Å². The largest absolute Gasteiger partial charge is 0.448 e. The van der Waals surface area contributed by atoms with E-state index in [1.165, 1.54) is 16.6 Å². The molecule has 0 bridgehead atoms. The summed E-state index contributed by atoms with van der Waals surface area (Å²) in [7, 11) is -3.60. The Morgan fingerprint density at radius 3 is 2.44 bits per heavy atom. The number of hydrogen-bond donors (Lipinski definition) is 1. The Labute approximate surface area is 159 Å². The van der Waals surface area contributed by atoms with Gasteiger partial charge in [-0.05, 0) is 44.6 Å². The molecule has 1 aromatic heterocycles. The summed E-state index contributed by atoms with van der Waals surface area (Å²) in [5.74, 6) is -0.349. The first-order valence-electron chi connectivity index (χ1n) is 9.47. The number of rotatable bonds is 5. The number of nitrogens with one attached hydrogen (secondary N) is 1. The van der Waals surface area contributed by atoms with Gasteiger partial charge in [-0.3, -0.25) is 4.79 Å². The van der Waals surface area contributed by atoms with Crippen LogP contribution in [0.15, 0.2) is 17.2 Å². The molecule has 1 unspecified atom stereocenters. The van der Waals surface area contributed by atoms with E-state index < -0.39 is 22.1 Å². The fourth-order valence-electron chi connectivity index (χ4n) is 3.48. The predicted molar refractivity (Wildman–Crippen MR) is 98.6 cm³/mol. The second-order valence-electron chi connectivity index (χ2n) is 7.42. The Morgan fingerprint density at radius 1 is 1.19 bits per heavy atom. The molecule has 1 N–H and O–H groups in total. The van der Waals surface area contributed by atoms with E-state index in [9.17, 15) is 18.0 Å². The highest BCUT2D eigenvalue weighted by molar-refractivity contribution is 7.89. The maximum absolute atomic E-state index is 12.5. The molecule has 0 aliphatic carbocycles. The van der Waals surface area contributed by atoms with Crippen LogP contribution in [-0.2, 0) is 19.6 Å². The van der Waals surface area contributed by atoms with Gasteiger partial charge in [-0.2, -0.15) is 4.31 Å². The first kappa shape index (κ1) is 19.9. The lowest BCUT2D eigenvalue weighted by Gasteiger charge is -2.31. The van der Waals surface area contributed by atoms with Crippen LogP contribution in [0, 0.1) is 5.92 Å². The van der Waals surface area contributed by atoms with Crippen LogP contribution in [0.4, 0.5) is 0 Å². The lowest BCUT2D eigenvalue weighted by molar-refractivity contribution is -0.141. The third-order valence-corrected chi connectivity index (χ3v) is 7.18. The summed E-state index contributed by atoms with van der Waals surface area (Å²) in [6.07, 6.45) is 3.96. The number of ether oxygens (including phenoxy) is 1. The number of nitrogens with zero attached hydrogens (tertiary/aromatic N) is 2. The first-order valence-corrected chi connectivity index (χ1v) is 10.9. The minimum Gasteiger partial charge on any atom is -0.448 e. The molecule has 27 heavy (non-hydrogen) atoms. The van der Waals surface area contributed by atoms with Crippen molar-refractivity contribution in [1.82, 2.24) is 14.2 Å². The van der Waals surface area contributed by atoms with E-state index in [2.05, 4.69) is 11.9 Å². The van der Waals surface area contributed by atoms with Crippen molar-refractivity contribution >= 4 is 21.9 Å². The van der Waals surface area contributed by atoms with Gasteiger partial charge in [0.1, 0.15) is 10.6 Å². The molecular formula is C18H27N3O5S. The number of carbonyl (C=O) groups excluding carboxylic acids is 2. The average Bonchev–Trinajstić information content (AvgIpc) is 3.34. The Morgan fingerprint density at radius 2 is 1.81 bits per heavy atom. The van der Waals surface area contributed by atoms with Crippen molar-refractivity contribution in [2.75, 3.05) is 26.2 Å². The normalized spacial score (nSPS) is 20.6. The van der Waals surface area contributed by atoms with Crippen LogP contribution in [0.25, 0.3) is 0 Å². The quantitative estimate of drug-likeness (QED) is 0.761. The van der Waals surface area contributed by atoms with Gasteiger partial charge in [0.05, 0.1) is 0 Å². The van der Waals surface area contributed by atoms with Crippen LogP contribution in [0.3, 0.4) is 0 Å². The lowest BCUT2D eigenvalue weighted by atomic mass is 9.99. The number of esters is 1. The van der Waals surface area contributed by atoms with Crippen molar-refractivity contribution < 1.29 is 22.7 Å². The highest BCUT2D eigenvalue weighted by Gasteiger charge is 2.30. The monoisotopic (exact) mass is 397 g/mol. The van der Waals surface area contributed by atoms with Crippen molar-refractivity contribution in [2.45, 2.75) is 50.5 Å². The fourth-order valence-corrected chi connectivity index (χ4v) is 4.99. The molecule has 2 fully saturated rings. The highest BCUT2D eigenvalue weighted by atomic mass is 32.2. The van der Waals surface area contributed by atoms with Crippen molar-refractivity contribution in [3.63, 3.8) is 0 Å². The highest BCUT2D eigenvalue weighted by Crippen LogP contribution is 2.22. The van der Waals surface area contributed by atoms with Crippen LogP contribution >= 0.6 is 0 Å². The molecular weight excluding hydrogens is 370 g/mol. The second-order valence-corrected chi connectivity index (χ2v) is 9.35. The lowest BCUT2D eigenvalue weighted by Crippen LogP contribution is -2.44. The molecule has 0 saturated carbocycles. The number of likely N-dealkylation sites (tertiary alicyclic amines) is 1. The predicted octanol–water partition coefficient (Wildman–Crippen LogP) is 1.60. The third kappa shape index (κ3) is 4.35. The van der Waals surface area contributed by atoms with Gasteiger partial charge in [-0.15, -0.1) is 0 Å². The standard InChI is InChI=1S/C18H27N3O5S/c1-13-5-9-20(10-6-13)17(22)14(2)26-18(23)16-11-15(12-19-16)27(24,25)21-7-3-4-8-21/h11-14,19H,3-10H2,1-2H3. The summed E-state index contributed by atoms with van der Waals surface area (Å²) >= 11 is 0. The smallest absolute Gasteiger partial charge is 0.355 e. The summed E-state index contributed by atoms with van der Waals surface area (Å²) in [6, 6.07) is 1.27. The summed E-state index contributed by atoms with van der Waals surface area (Å²) in [4.78, 5) is 29.2. The minimum atomic E-state index is -3.60. The molecule has 0 spiro atoms. The van der Waals surface area contributed by atoms with Crippen molar-refractivity contribution in [1.29, 1.82) is 0 Å². The van der Waals surface area contributed by atoms with E-state index >= 15 is 0 Å². The molecule has 9 heteroatoms. The number of H-pyrrole nitrogens is 1. The number of carbonyl (C=O) groups is 2. The Balaban J connectivity index is 1.61. The molecule has 1 aromatic rings. The Hall–Kier alpha value is -1.87. The SMILES string of the molecule is CC1CCN(C(=O)C(C)OC(=O)c2cc(S(=O)(=O)N3CCCC3)c[nH]2)CC1. The van der Waals surface area contributed by atoms with Gasteiger partial charge >= 0.3 is 5.97 Å².